The lowest BCUT2D eigenvalue weighted by atomic mass is 9.91. The summed E-state index contributed by atoms with van der Waals surface area (Å²) in [6, 6.07) is 28.2. The molecule has 218 valence electrons. The van der Waals surface area contributed by atoms with Crippen molar-refractivity contribution in [1.82, 2.24) is 4.57 Å². The number of nitrogens with zero attached hydrogens (tertiary/aromatic N) is 3. The number of fused-ring (bicyclic) bond motifs is 2. The highest BCUT2D eigenvalue weighted by Gasteiger charge is 2.34. The third-order valence-electron chi connectivity index (χ3n) is 7.41. The molecule has 0 spiro atoms. The van der Waals surface area contributed by atoms with E-state index < -0.39 is 12.0 Å². The first kappa shape index (κ1) is 29.3. The Hall–Kier alpha value is -4.78. The Morgan fingerprint density at radius 2 is 1.86 bits per heavy atom. The summed E-state index contributed by atoms with van der Waals surface area (Å²) in [6.07, 6.45) is 1.81. The van der Waals surface area contributed by atoms with Crippen LogP contribution in [-0.2, 0) is 16.1 Å². The van der Waals surface area contributed by atoms with Crippen LogP contribution in [0.5, 0.6) is 5.75 Å². The number of carbonyl (C=O) groups is 1. The Bertz CT molecular complexity index is 2190. The second-order valence-corrected chi connectivity index (χ2v) is 12.0. The quantitative estimate of drug-likeness (QED) is 0.194. The Morgan fingerprint density at radius 3 is 2.66 bits per heavy atom. The van der Waals surface area contributed by atoms with Crippen molar-refractivity contribution in [2.75, 3.05) is 6.61 Å². The molecule has 7 nitrogen and oxygen atoms in total. The zero-order chi connectivity index (χ0) is 30.8. The molecule has 0 saturated carbocycles. The Kier molecular flexibility index (Phi) is 8.29. The Morgan fingerprint density at radius 1 is 1.09 bits per heavy atom. The highest BCUT2D eigenvalue weighted by atomic mass is 79.9. The second-order valence-electron chi connectivity index (χ2n) is 10.1. The third-order valence-corrected chi connectivity index (χ3v) is 9.01. The number of benzene rings is 4. The molecule has 44 heavy (non-hydrogen) atoms. The summed E-state index contributed by atoms with van der Waals surface area (Å²) in [5, 5.41) is 11.3. The molecule has 0 aliphatic carbocycles. The van der Waals surface area contributed by atoms with Gasteiger partial charge in [0.25, 0.3) is 5.56 Å². The fraction of sp³-hybridized carbons (Fsp3) is 0.143. The van der Waals surface area contributed by atoms with E-state index in [0.29, 0.717) is 36.4 Å². The van der Waals surface area contributed by atoms with Crippen LogP contribution < -0.4 is 19.6 Å². The Balaban J connectivity index is 1.41. The lowest BCUT2D eigenvalue weighted by Gasteiger charge is -2.25. The number of rotatable bonds is 7. The summed E-state index contributed by atoms with van der Waals surface area (Å²) in [6.45, 7) is 4.00. The van der Waals surface area contributed by atoms with Crippen molar-refractivity contribution in [1.29, 1.82) is 5.26 Å². The average molecular weight is 665 g/mol. The summed E-state index contributed by atoms with van der Waals surface area (Å²) in [4.78, 5) is 32.6. The molecule has 5 aromatic rings. The monoisotopic (exact) mass is 663 g/mol. The smallest absolute Gasteiger partial charge is 0.338 e. The zero-order valence-corrected chi connectivity index (χ0v) is 26.3. The number of hydrogen-bond donors (Lipinski definition) is 0. The molecule has 0 unspecified atom stereocenters. The molecular formula is C35H26BrN3O4S. The predicted molar refractivity (Wildman–Crippen MR) is 174 cm³/mol. The molecule has 9 heteroatoms. The SMILES string of the molecule is CCOC(=O)C1=C(C)N=c2s/c(=C/c3ccc(OCc4ccccc4C#N)c(Br)c3)c(=O)n2[C@H]1c1cccc2ccccc12. The van der Waals surface area contributed by atoms with Gasteiger partial charge >= 0.3 is 5.97 Å². The number of esters is 1. The van der Waals surface area contributed by atoms with Crippen LogP contribution in [0.25, 0.3) is 16.8 Å². The molecule has 0 saturated heterocycles. The van der Waals surface area contributed by atoms with Crippen molar-refractivity contribution in [2.24, 2.45) is 4.99 Å². The van der Waals surface area contributed by atoms with Gasteiger partial charge in [-0.05, 0) is 76.0 Å². The normalized spacial score (nSPS) is 14.6. The second kappa shape index (κ2) is 12.4. The van der Waals surface area contributed by atoms with E-state index in [2.05, 4.69) is 22.0 Å². The number of ether oxygens (including phenoxy) is 2. The van der Waals surface area contributed by atoms with E-state index in [-0.39, 0.29) is 18.8 Å². The molecule has 1 aromatic heterocycles. The summed E-state index contributed by atoms with van der Waals surface area (Å²) in [5.41, 5.74) is 3.61. The first-order chi connectivity index (χ1) is 21.4. The fourth-order valence-electron chi connectivity index (χ4n) is 5.36. The molecule has 0 radical (unpaired) electrons. The number of halogens is 1. The van der Waals surface area contributed by atoms with Crippen molar-refractivity contribution in [3.8, 4) is 11.8 Å². The number of hydrogen-bond acceptors (Lipinski definition) is 7. The maximum atomic E-state index is 14.1. The van der Waals surface area contributed by atoms with E-state index in [0.717, 1.165) is 27.5 Å². The maximum absolute atomic E-state index is 14.1. The molecule has 1 aliphatic heterocycles. The van der Waals surface area contributed by atoms with Crippen molar-refractivity contribution >= 4 is 50.1 Å². The highest BCUT2D eigenvalue weighted by Crippen LogP contribution is 2.35. The van der Waals surface area contributed by atoms with Crippen molar-refractivity contribution < 1.29 is 14.3 Å². The summed E-state index contributed by atoms with van der Waals surface area (Å²) < 4.78 is 14.2. The van der Waals surface area contributed by atoms with E-state index in [1.807, 2.05) is 84.9 Å². The van der Waals surface area contributed by atoms with Crippen LogP contribution in [-0.4, -0.2) is 17.1 Å². The van der Waals surface area contributed by atoms with Gasteiger partial charge in [0.2, 0.25) is 0 Å². The largest absolute Gasteiger partial charge is 0.488 e. The summed E-state index contributed by atoms with van der Waals surface area (Å²) in [5.74, 6) is 0.125. The van der Waals surface area contributed by atoms with Crippen LogP contribution in [0.15, 0.2) is 110 Å². The van der Waals surface area contributed by atoms with Crippen LogP contribution in [0.1, 0.15) is 42.1 Å². The van der Waals surface area contributed by atoms with Gasteiger partial charge in [-0.15, -0.1) is 0 Å². The first-order valence-corrected chi connectivity index (χ1v) is 15.6. The molecule has 1 atom stereocenters. The molecule has 2 heterocycles. The first-order valence-electron chi connectivity index (χ1n) is 14.0. The Labute approximate surface area is 265 Å². The van der Waals surface area contributed by atoms with Gasteiger partial charge in [-0.25, -0.2) is 9.79 Å². The third kappa shape index (κ3) is 5.50. The van der Waals surface area contributed by atoms with Crippen LogP contribution in [0, 0.1) is 11.3 Å². The van der Waals surface area contributed by atoms with Gasteiger partial charge in [0.1, 0.15) is 12.4 Å². The molecule has 0 N–H and O–H groups in total. The number of allylic oxidation sites excluding steroid dienone is 1. The summed E-state index contributed by atoms with van der Waals surface area (Å²) >= 11 is 4.87. The fourth-order valence-corrected chi connectivity index (χ4v) is 6.92. The van der Waals surface area contributed by atoms with Crippen molar-refractivity contribution in [3.63, 3.8) is 0 Å². The van der Waals surface area contributed by atoms with Gasteiger partial charge in [-0.1, -0.05) is 78.1 Å². The minimum Gasteiger partial charge on any atom is -0.488 e. The topological polar surface area (TPSA) is 93.7 Å². The van der Waals surface area contributed by atoms with Crippen LogP contribution in [0.3, 0.4) is 0 Å². The molecular weight excluding hydrogens is 638 g/mol. The molecule has 4 aromatic carbocycles. The van der Waals surface area contributed by atoms with Gasteiger partial charge in [-0.2, -0.15) is 5.26 Å². The van der Waals surface area contributed by atoms with Crippen LogP contribution in [0.2, 0.25) is 0 Å². The van der Waals surface area contributed by atoms with E-state index >= 15 is 0 Å². The van der Waals surface area contributed by atoms with Crippen molar-refractivity contribution in [3.05, 3.63) is 143 Å². The average Bonchev–Trinajstić information content (AvgIpc) is 3.33. The summed E-state index contributed by atoms with van der Waals surface area (Å²) in [7, 11) is 0. The molecule has 6 rings (SSSR count). The minimum atomic E-state index is -0.697. The van der Waals surface area contributed by atoms with Gasteiger partial charge in [0, 0.05) is 5.56 Å². The van der Waals surface area contributed by atoms with Crippen molar-refractivity contribution in [2.45, 2.75) is 26.5 Å². The van der Waals surface area contributed by atoms with Gasteiger partial charge in [0.05, 0.1) is 44.6 Å². The highest BCUT2D eigenvalue weighted by molar-refractivity contribution is 9.10. The number of nitriles is 1. The molecule has 0 bridgehead atoms. The van der Waals surface area contributed by atoms with E-state index in [4.69, 9.17) is 14.5 Å². The lowest BCUT2D eigenvalue weighted by Crippen LogP contribution is -2.40. The molecule has 0 fully saturated rings. The van der Waals surface area contributed by atoms with E-state index in [1.54, 1.807) is 24.5 Å². The standard InChI is InChI=1S/C35H26BrN3O4S/c1-3-42-34(41)31-21(2)38-35-39(32(31)27-14-8-12-23-9-6-7-13-26(23)27)33(40)30(44-35)18-22-15-16-29(28(36)17-22)43-20-25-11-5-4-10-24(25)19-37/h4-18,32H,3,20H2,1-2H3/b30-18+/t32-/m0/s1. The van der Waals surface area contributed by atoms with Gasteiger partial charge in [-0.3, -0.25) is 9.36 Å². The molecule has 0 amide bonds. The lowest BCUT2D eigenvalue weighted by molar-refractivity contribution is -0.139. The minimum absolute atomic E-state index is 0.210. The maximum Gasteiger partial charge on any atom is 0.338 e. The number of carbonyl (C=O) groups excluding carboxylic acids is 1. The zero-order valence-electron chi connectivity index (χ0n) is 23.9. The van der Waals surface area contributed by atoms with Crippen LogP contribution >= 0.6 is 27.3 Å². The van der Waals surface area contributed by atoms with Crippen LogP contribution in [0.4, 0.5) is 0 Å². The van der Waals surface area contributed by atoms with Gasteiger partial charge < -0.3 is 9.47 Å². The molecule has 1 aliphatic rings. The van der Waals surface area contributed by atoms with Gasteiger partial charge in [0.15, 0.2) is 4.80 Å². The van der Waals surface area contributed by atoms with E-state index in [1.165, 1.54) is 11.3 Å². The van der Waals surface area contributed by atoms with E-state index in [9.17, 15) is 14.9 Å². The number of aromatic nitrogens is 1. The number of thiazole rings is 1. The predicted octanol–water partition coefficient (Wildman–Crippen LogP) is 6.16.